The quantitative estimate of drug-likeness (QED) is 0.401. The summed E-state index contributed by atoms with van der Waals surface area (Å²) in [5.74, 6) is 0.513. The standard InChI is InChI=1S/C12H24N4/c1-9(2)7-14-12(13)15-8-10(3)16(4)11-5-6-11/h10-11H,1,5-8H2,2-4H3,(H3,13,14,15). The molecule has 0 bridgehead atoms. The van der Waals surface area contributed by atoms with Crippen molar-refractivity contribution in [2.24, 2.45) is 10.7 Å². The van der Waals surface area contributed by atoms with Gasteiger partial charge in [-0.1, -0.05) is 12.2 Å². The van der Waals surface area contributed by atoms with Crippen molar-refractivity contribution in [3.63, 3.8) is 0 Å². The fraction of sp³-hybridized carbons (Fsp3) is 0.750. The summed E-state index contributed by atoms with van der Waals surface area (Å²) in [5.41, 5.74) is 6.80. The van der Waals surface area contributed by atoms with E-state index >= 15 is 0 Å². The van der Waals surface area contributed by atoms with Gasteiger partial charge >= 0.3 is 0 Å². The summed E-state index contributed by atoms with van der Waals surface area (Å²) < 4.78 is 0. The zero-order valence-electron chi connectivity index (χ0n) is 10.7. The minimum atomic E-state index is 0.456. The monoisotopic (exact) mass is 224 g/mol. The average Bonchev–Trinajstić information content (AvgIpc) is 3.05. The van der Waals surface area contributed by atoms with Crippen molar-refractivity contribution in [3.05, 3.63) is 12.2 Å². The average molecular weight is 224 g/mol. The molecule has 1 unspecified atom stereocenters. The van der Waals surface area contributed by atoms with Gasteiger partial charge in [-0.05, 0) is 33.7 Å². The number of nitrogens with zero attached hydrogens (tertiary/aromatic N) is 2. The topological polar surface area (TPSA) is 53.6 Å². The van der Waals surface area contributed by atoms with Gasteiger partial charge in [0.1, 0.15) is 0 Å². The first kappa shape index (κ1) is 13.0. The third-order valence-corrected chi connectivity index (χ3v) is 2.92. The van der Waals surface area contributed by atoms with Crippen molar-refractivity contribution < 1.29 is 0 Å². The van der Waals surface area contributed by atoms with Gasteiger partial charge in [0.05, 0.1) is 6.54 Å². The maximum absolute atomic E-state index is 5.74. The Kier molecular flexibility index (Phi) is 4.80. The molecule has 1 rings (SSSR count). The molecule has 1 atom stereocenters. The lowest BCUT2D eigenvalue weighted by Crippen LogP contribution is -2.37. The number of hydrogen-bond donors (Lipinski definition) is 2. The first-order valence-electron chi connectivity index (χ1n) is 5.90. The molecule has 0 aliphatic heterocycles. The van der Waals surface area contributed by atoms with Crippen molar-refractivity contribution in [2.45, 2.75) is 38.8 Å². The number of likely N-dealkylation sites (N-methyl/N-ethyl adjacent to an activating group) is 1. The van der Waals surface area contributed by atoms with Crippen LogP contribution >= 0.6 is 0 Å². The van der Waals surface area contributed by atoms with Crippen LogP contribution in [0.3, 0.4) is 0 Å². The molecule has 3 N–H and O–H groups in total. The van der Waals surface area contributed by atoms with Gasteiger partial charge in [0, 0.05) is 18.6 Å². The molecular weight excluding hydrogens is 200 g/mol. The zero-order chi connectivity index (χ0) is 12.1. The lowest BCUT2D eigenvalue weighted by molar-refractivity contribution is 0.253. The van der Waals surface area contributed by atoms with E-state index in [-0.39, 0.29) is 0 Å². The summed E-state index contributed by atoms with van der Waals surface area (Å²) in [6.45, 7) is 9.40. The lowest BCUT2D eigenvalue weighted by atomic mass is 10.3. The largest absolute Gasteiger partial charge is 0.370 e. The van der Waals surface area contributed by atoms with Crippen molar-refractivity contribution in [1.82, 2.24) is 10.2 Å². The van der Waals surface area contributed by atoms with E-state index in [0.717, 1.165) is 18.2 Å². The second-order valence-corrected chi connectivity index (χ2v) is 4.78. The fourth-order valence-corrected chi connectivity index (χ4v) is 1.50. The van der Waals surface area contributed by atoms with Crippen LogP contribution in [0.5, 0.6) is 0 Å². The molecule has 4 heteroatoms. The number of guanidine groups is 1. The summed E-state index contributed by atoms with van der Waals surface area (Å²) in [7, 11) is 2.16. The third-order valence-electron chi connectivity index (χ3n) is 2.92. The Bertz CT molecular complexity index is 268. The van der Waals surface area contributed by atoms with Crippen LogP contribution in [0, 0.1) is 0 Å². The van der Waals surface area contributed by atoms with E-state index in [1.165, 1.54) is 12.8 Å². The Morgan fingerprint density at radius 3 is 2.75 bits per heavy atom. The SMILES string of the molecule is C=C(C)CNC(N)=NCC(C)N(C)C1CC1. The Hall–Kier alpha value is -1.03. The molecule has 4 nitrogen and oxygen atoms in total. The van der Waals surface area contributed by atoms with Crippen LogP contribution in [-0.4, -0.2) is 43.1 Å². The van der Waals surface area contributed by atoms with E-state index in [4.69, 9.17) is 5.73 Å². The van der Waals surface area contributed by atoms with Crippen LogP contribution < -0.4 is 11.1 Å². The van der Waals surface area contributed by atoms with Crippen molar-refractivity contribution in [1.29, 1.82) is 0 Å². The van der Waals surface area contributed by atoms with E-state index in [0.29, 0.717) is 18.5 Å². The van der Waals surface area contributed by atoms with Crippen LogP contribution in [0.2, 0.25) is 0 Å². The smallest absolute Gasteiger partial charge is 0.188 e. The number of hydrogen-bond acceptors (Lipinski definition) is 2. The number of nitrogens with one attached hydrogen (secondary N) is 1. The molecule has 1 aliphatic carbocycles. The molecule has 0 amide bonds. The first-order chi connectivity index (χ1) is 7.50. The fourth-order valence-electron chi connectivity index (χ4n) is 1.50. The molecule has 92 valence electrons. The first-order valence-corrected chi connectivity index (χ1v) is 5.90. The van der Waals surface area contributed by atoms with Gasteiger partial charge in [-0.25, -0.2) is 0 Å². The van der Waals surface area contributed by atoms with Gasteiger partial charge in [0.2, 0.25) is 0 Å². The van der Waals surface area contributed by atoms with E-state index in [1.54, 1.807) is 0 Å². The molecule has 0 aromatic carbocycles. The molecule has 16 heavy (non-hydrogen) atoms. The molecule has 0 aromatic heterocycles. The Balaban J connectivity index is 2.24. The van der Waals surface area contributed by atoms with Gasteiger partial charge in [-0.3, -0.25) is 9.89 Å². The van der Waals surface area contributed by atoms with Crippen LogP contribution in [0.15, 0.2) is 17.1 Å². The Labute approximate surface area is 98.6 Å². The predicted octanol–water partition coefficient (Wildman–Crippen LogP) is 0.949. The maximum Gasteiger partial charge on any atom is 0.188 e. The van der Waals surface area contributed by atoms with Gasteiger partial charge in [0.15, 0.2) is 5.96 Å². The number of nitrogens with two attached hydrogens (primary N) is 1. The van der Waals surface area contributed by atoms with Crippen molar-refractivity contribution in [3.8, 4) is 0 Å². The zero-order valence-corrected chi connectivity index (χ0v) is 10.7. The van der Waals surface area contributed by atoms with Crippen LogP contribution in [-0.2, 0) is 0 Å². The molecule has 0 heterocycles. The molecule has 0 spiro atoms. The van der Waals surface area contributed by atoms with E-state index in [1.807, 2.05) is 6.92 Å². The molecular formula is C12H24N4. The van der Waals surface area contributed by atoms with Gasteiger partial charge in [-0.2, -0.15) is 0 Å². The molecule has 0 radical (unpaired) electrons. The summed E-state index contributed by atoms with van der Waals surface area (Å²) in [6.07, 6.45) is 2.65. The van der Waals surface area contributed by atoms with Crippen molar-refractivity contribution in [2.75, 3.05) is 20.1 Å². The minimum Gasteiger partial charge on any atom is -0.370 e. The maximum atomic E-state index is 5.74. The van der Waals surface area contributed by atoms with E-state index in [9.17, 15) is 0 Å². The highest BCUT2D eigenvalue weighted by molar-refractivity contribution is 5.78. The van der Waals surface area contributed by atoms with E-state index < -0.39 is 0 Å². The minimum absolute atomic E-state index is 0.456. The number of rotatable bonds is 6. The Morgan fingerprint density at radius 2 is 2.25 bits per heavy atom. The van der Waals surface area contributed by atoms with Crippen molar-refractivity contribution >= 4 is 5.96 Å². The van der Waals surface area contributed by atoms with Gasteiger partial charge < -0.3 is 11.1 Å². The van der Waals surface area contributed by atoms with Crippen LogP contribution in [0.25, 0.3) is 0 Å². The third kappa shape index (κ3) is 4.66. The normalized spacial score (nSPS) is 18.6. The lowest BCUT2D eigenvalue weighted by Gasteiger charge is -2.22. The molecule has 0 aromatic rings. The summed E-state index contributed by atoms with van der Waals surface area (Å²) >= 11 is 0. The molecule has 1 fully saturated rings. The molecule has 1 saturated carbocycles. The molecule has 0 saturated heterocycles. The Morgan fingerprint density at radius 1 is 1.62 bits per heavy atom. The predicted molar refractivity (Wildman–Crippen MR) is 69.6 cm³/mol. The van der Waals surface area contributed by atoms with Crippen LogP contribution in [0.4, 0.5) is 0 Å². The second kappa shape index (κ2) is 5.89. The highest BCUT2D eigenvalue weighted by atomic mass is 15.2. The summed E-state index contributed by atoms with van der Waals surface area (Å²) in [4.78, 5) is 6.71. The summed E-state index contributed by atoms with van der Waals surface area (Å²) in [6, 6.07) is 1.23. The second-order valence-electron chi connectivity index (χ2n) is 4.78. The highest BCUT2D eigenvalue weighted by Gasteiger charge is 2.28. The van der Waals surface area contributed by atoms with Crippen LogP contribution in [0.1, 0.15) is 26.7 Å². The van der Waals surface area contributed by atoms with Gasteiger partial charge in [-0.15, -0.1) is 0 Å². The van der Waals surface area contributed by atoms with E-state index in [2.05, 4.69) is 35.8 Å². The number of aliphatic imine (C=N–C) groups is 1. The summed E-state index contributed by atoms with van der Waals surface area (Å²) in [5, 5.41) is 3.03. The van der Waals surface area contributed by atoms with Gasteiger partial charge in [0.25, 0.3) is 0 Å². The molecule has 1 aliphatic rings. The highest BCUT2D eigenvalue weighted by Crippen LogP contribution is 2.26.